The van der Waals surface area contributed by atoms with E-state index < -0.39 is 5.91 Å². The minimum atomic E-state index is -0.509. The van der Waals surface area contributed by atoms with E-state index in [-0.39, 0.29) is 11.9 Å². The zero-order valence-corrected chi connectivity index (χ0v) is 18.4. The predicted molar refractivity (Wildman–Crippen MR) is 118 cm³/mol. The lowest BCUT2D eigenvalue weighted by molar-refractivity contribution is 0.100. The van der Waals surface area contributed by atoms with Crippen molar-refractivity contribution in [1.29, 1.82) is 0 Å². The summed E-state index contributed by atoms with van der Waals surface area (Å²) in [5.74, 6) is 1.15. The monoisotopic (exact) mass is 438 g/mol. The molecule has 2 atom stereocenters. The number of aromatic nitrogens is 2. The summed E-state index contributed by atoms with van der Waals surface area (Å²) in [5, 5.41) is 4.38. The Kier molecular flexibility index (Phi) is 6.14. The minimum absolute atomic E-state index is 0.118. The van der Waals surface area contributed by atoms with Gasteiger partial charge in [-0.05, 0) is 42.7 Å². The molecule has 1 aliphatic rings. The van der Waals surface area contributed by atoms with Crippen LogP contribution in [0, 0.1) is 11.7 Å². The third-order valence-electron chi connectivity index (χ3n) is 5.76. The molecule has 1 saturated heterocycles. The zero-order chi connectivity index (χ0) is 22.8. The molecule has 1 aliphatic heterocycles. The van der Waals surface area contributed by atoms with Crippen LogP contribution in [0.4, 0.5) is 4.39 Å². The summed E-state index contributed by atoms with van der Waals surface area (Å²) in [5.41, 5.74) is 7.26. The van der Waals surface area contributed by atoms with Gasteiger partial charge in [0, 0.05) is 49.6 Å². The molecule has 2 unspecified atom stereocenters. The topological polar surface area (TPSA) is 82.6 Å². The molecule has 32 heavy (non-hydrogen) atoms. The van der Waals surface area contributed by atoms with Gasteiger partial charge in [0.2, 0.25) is 11.8 Å². The quantitative estimate of drug-likeness (QED) is 0.602. The van der Waals surface area contributed by atoms with Gasteiger partial charge in [-0.2, -0.15) is 0 Å². The first-order valence-electron chi connectivity index (χ1n) is 10.5. The molecule has 1 aromatic heterocycles. The molecule has 1 fully saturated rings. The lowest BCUT2D eigenvalue weighted by Gasteiger charge is -2.24. The molecular formula is C24H27FN4O3. The minimum Gasteiger partial charge on any atom is -0.480 e. The van der Waals surface area contributed by atoms with Crippen molar-refractivity contribution in [3.8, 4) is 17.4 Å². The van der Waals surface area contributed by atoms with Crippen molar-refractivity contribution in [2.45, 2.75) is 25.9 Å². The van der Waals surface area contributed by atoms with Gasteiger partial charge in [-0.25, -0.2) is 4.39 Å². The first kappa shape index (κ1) is 21.8. The number of hydrogen-bond donors (Lipinski definition) is 1. The van der Waals surface area contributed by atoms with Crippen LogP contribution in [0.3, 0.4) is 0 Å². The number of methoxy groups -OCH3 is 1. The number of nitrogens with zero attached hydrogens (tertiary/aromatic N) is 3. The number of halogens is 1. The van der Waals surface area contributed by atoms with Crippen LogP contribution in [0.1, 0.15) is 40.9 Å². The van der Waals surface area contributed by atoms with Crippen LogP contribution in [0.25, 0.3) is 0 Å². The van der Waals surface area contributed by atoms with E-state index >= 15 is 0 Å². The number of primary amides is 1. The second-order valence-corrected chi connectivity index (χ2v) is 8.30. The maximum atomic E-state index is 14.9. The number of hydrogen-bond acceptors (Lipinski definition) is 5. The predicted octanol–water partition coefficient (Wildman–Crippen LogP) is 4.04. The Morgan fingerprint density at radius 2 is 1.94 bits per heavy atom. The van der Waals surface area contributed by atoms with Gasteiger partial charge >= 0.3 is 0 Å². The Hall–Kier alpha value is -3.39. The molecule has 0 bridgehead atoms. The number of ether oxygens (including phenoxy) is 2. The Morgan fingerprint density at radius 3 is 2.59 bits per heavy atom. The SMILES string of the molecule is COc1nn(C)cc1C1CC(C)CN1Cc1ccc(Oc2ccc(C(N)=O)cc2)cc1F. The van der Waals surface area contributed by atoms with Crippen LogP contribution in [0.2, 0.25) is 0 Å². The molecule has 168 valence electrons. The van der Waals surface area contributed by atoms with Crippen LogP contribution >= 0.6 is 0 Å². The van der Waals surface area contributed by atoms with Gasteiger partial charge in [0.15, 0.2) is 0 Å². The van der Waals surface area contributed by atoms with E-state index in [2.05, 4.69) is 16.9 Å². The van der Waals surface area contributed by atoms with Gasteiger partial charge < -0.3 is 15.2 Å². The highest BCUT2D eigenvalue weighted by Gasteiger charge is 2.34. The van der Waals surface area contributed by atoms with E-state index in [1.165, 1.54) is 6.07 Å². The molecule has 1 amide bonds. The van der Waals surface area contributed by atoms with Crippen molar-refractivity contribution in [3.05, 3.63) is 71.2 Å². The van der Waals surface area contributed by atoms with Crippen LogP contribution in [-0.2, 0) is 13.6 Å². The summed E-state index contributed by atoms with van der Waals surface area (Å²) in [6.45, 7) is 3.55. The van der Waals surface area contributed by atoms with Gasteiger partial charge in [-0.1, -0.05) is 13.0 Å². The number of amides is 1. The number of carbonyl (C=O) groups excluding carboxylic acids is 1. The van der Waals surface area contributed by atoms with Crippen LogP contribution in [0.5, 0.6) is 17.4 Å². The zero-order valence-electron chi connectivity index (χ0n) is 18.4. The second-order valence-electron chi connectivity index (χ2n) is 8.30. The van der Waals surface area contributed by atoms with Crippen molar-refractivity contribution < 1.29 is 18.7 Å². The third kappa shape index (κ3) is 4.60. The standard InChI is InChI=1S/C24H27FN4O3/c1-15-10-22(20-14-28(2)27-24(20)31-3)29(12-15)13-17-6-9-19(11-21(17)25)32-18-7-4-16(5-8-18)23(26)30/h4-9,11,14-15,22H,10,12-13H2,1-3H3,(H2,26,30). The first-order valence-corrected chi connectivity index (χ1v) is 10.5. The van der Waals surface area contributed by atoms with Gasteiger partial charge in [-0.15, -0.1) is 5.10 Å². The summed E-state index contributed by atoms with van der Waals surface area (Å²) in [7, 11) is 3.49. The lowest BCUT2D eigenvalue weighted by Crippen LogP contribution is -2.24. The highest BCUT2D eigenvalue weighted by atomic mass is 19.1. The van der Waals surface area contributed by atoms with E-state index in [1.54, 1.807) is 48.2 Å². The number of benzene rings is 2. The molecule has 0 radical (unpaired) electrons. The molecule has 4 rings (SSSR count). The molecule has 3 aromatic rings. The highest BCUT2D eigenvalue weighted by Crippen LogP contribution is 2.40. The van der Waals surface area contributed by atoms with Crippen molar-refractivity contribution in [1.82, 2.24) is 14.7 Å². The summed E-state index contributed by atoms with van der Waals surface area (Å²) >= 11 is 0. The molecule has 7 nitrogen and oxygen atoms in total. The smallest absolute Gasteiger partial charge is 0.248 e. The maximum absolute atomic E-state index is 14.9. The average molecular weight is 439 g/mol. The van der Waals surface area contributed by atoms with Gasteiger partial charge in [-0.3, -0.25) is 14.4 Å². The van der Waals surface area contributed by atoms with E-state index in [0.717, 1.165) is 18.5 Å². The Morgan fingerprint density at radius 1 is 1.22 bits per heavy atom. The van der Waals surface area contributed by atoms with Crippen LogP contribution < -0.4 is 15.2 Å². The number of likely N-dealkylation sites (tertiary alicyclic amines) is 1. The van der Waals surface area contributed by atoms with Gasteiger partial charge in [0.05, 0.1) is 12.7 Å². The van der Waals surface area contributed by atoms with Crippen LogP contribution in [0.15, 0.2) is 48.7 Å². The fourth-order valence-electron chi connectivity index (χ4n) is 4.27. The molecule has 0 aliphatic carbocycles. The van der Waals surface area contributed by atoms with Gasteiger partial charge in [0.25, 0.3) is 0 Å². The van der Waals surface area contributed by atoms with Crippen molar-refractivity contribution in [3.63, 3.8) is 0 Å². The van der Waals surface area contributed by atoms with Crippen molar-refractivity contribution >= 4 is 5.91 Å². The molecule has 8 heteroatoms. The van der Waals surface area contributed by atoms with E-state index in [9.17, 15) is 9.18 Å². The number of rotatable bonds is 7. The van der Waals surface area contributed by atoms with E-state index in [1.807, 2.05) is 13.2 Å². The third-order valence-corrected chi connectivity index (χ3v) is 5.76. The molecule has 2 N–H and O–H groups in total. The Balaban J connectivity index is 1.49. The fraction of sp³-hybridized carbons (Fsp3) is 0.333. The molecule has 2 aromatic carbocycles. The lowest BCUT2D eigenvalue weighted by atomic mass is 10.0. The fourth-order valence-corrected chi connectivity index (χ4v) is 4.27. The molecular weight excluding hydrogens is 411 g/mol. The molecule has 2 heterocycles. The molecule has 0 spiro atoms. The average Bonchev–Trinajstić information content (AvgIpc) is 3.31. The second kappa shape index (κ2) is 9.00. The maximum Gasteiger partial charge on any atom is 0.248 e. The highest BCUT2D eigenvalue weighted by molar-refractivity contribution is 5.92. The Bertz CT molecular complexity index is 1110. The summed E-state index contributed by atoms with van der Waals surface area (Å²) in [6.07, 6.45) is 2.94. The number of aryl methyl sites for hydroxylation is 1. The molecule has 0 saturated carbocycles. The van der Waals surface area contributed by atoms with E-state index in [0.29, 0.717) is 41.0 Å². The number of nitrogens with two attached hydrogens (primary N) is 1. The largest absolute Gasteiger partial charge is 0.480 e. The Labute approximate surface area is 186 Å². The summed E-state index contributed by atoms with van der Waals surface area (Å²) in [6, 6.07) is 11.4. The van der Waals surface area contributed by atoms with Crippen molar-refractivity contribution in [2.24, 2.45) is 18.7 Å². The van der Waals surface area contributed by atoms with Crippen molar-refractivity contribution in [2.75, 3.05) is 13.7 Å². The normalized spacial score (nSPS) is 18.6. The first-order chi connectivity index (χ1) is 15.3. The summed E-state index contributed by atoms with van der Waals surface area (Å²) in [4.78, 5) is 13.5. The summed E-state index contributed by atoms with van der Waals surface area (Å²) < 4.78 is 27.9. The number of carbonyl (C=O) groups is 1. The van der Waals surface area contributed by atoms with Crippen LogP contribution in [-0.4, -0.2) is 34.2 Å². The van der Waals surface area contributed by atoms with Gasteiger partial charge in [0.1, 0.15) is 17.3 Å². The van der Waals surface area contributed by atoms with E-state index in [4.69, 9.17) is 15.2 Å².